The first-order valence-corrected chi connectivity index (χ1v) is 5.64. The van der Waals surface area contributed by atoms with Crippen molar-refractivity contribution in [3.05, 3.63) is 29.8 Å². The number of anilines is 1. The molecule has 1 atom stereocenters. The van der Waals surface area contributed by atoms with E-state index in [2.05, 4.69) is 0 Å². The van der Waals surface area contributed by atoms with Crippen LogP contribution < -0.4 is 4.90 Å². The predicted molar refractivity (Wildman–Crippen MR) is 61.0 cm³/mol. The van der Waals surface area contributed by atoms with Crippen molar-refractivity contribution in [1.82, 2.24) is 0 Å². The first-order chi connectivity index (χ1) is 8.88. The number of carbonyl (C=O) groups is 1. The monoisotopic (exact) mass is 275 g/mol. The Bertz CT molecular complexity index is 458. The van der Waals surface area contributed by atoms with E-state index in [1.807, 2.05) is 0 Å². The molecule has 1 aromatic carbocycles. The van der Waals surface area contributed by atoms with E-state index >= 15 is 0 Å². The highest BCUT2D eigenvalue weighted by Gasteiger charge is 2.31. The third-order valence-corrected chi connectivity index (χ3v) is 2.90. The predicted octanol–water partition coefficient (Wildman–Crippen LogP) is 2.00. The minimum Gasteiger partial charge on any atom is -0.479 e. The van der Waals surface area contributed by atoms with E-state index in [9.17, 15) is 18.0 Å². The van der Waals surface area contributed by atoms with Gasteiger partial charge < -0.3 is 14.7 Å². The van der Waals surface area contributed by atoms with Gasteiger partial charge in [-0.3, -0.25) is 0 Å². The fourth-order valence-electron chi connectivity index (χ4n) is 1.89. The molecule has 0 saturated carbocycles. The number of rotatable bonds is 2. The highest BCUT2D eigenvalue weighted by atomic mass is 19.4. The number of aliphatic carboxylic acids is 1. The summed E-state index contributed by atoms with van der Waals surface area (Å²) in [5.74, 6) is -1.07. The lowest BCUT2D eigenvalue weighted by atomic mass is 10.1. The number of carboxylic acids is 1. The van der Waals surface area contributed by atoms with E-state index in [0.717, 1.165) is 12.1 Å². The maximum absolute atomic E-state index is 12.4. The Morgan fingerprint density at radius 2 is 1.95 bits per heavy atom. The molecule has 1 aliphatic rings. The number of hydrogen-bond donors (Lipinski definition) is 1. The molecule has 1 aromatic rings. The summed E-state index contributed by atoms with van der Waals surface area (Å²) in [6.07, 6.45) is -5.32. The van der Waals surface area contributed by atoms with Gasteiger partial charge in [-0.1, -0.05) is 0 Å². The zero-order valence-corrected chi connectivity index (χ0v) is 9.85. The van der Waals surface area contributed by atoms with Crippen molar-refractivity contribution in [2.45, 2.75) is 12.3 Å². The molecule has 4 nitrogen and oxygen atoms in total. The van der Waals surface area contributed by atoms with Crippen molar-refractivity contribution in [3.8, 4) is 0 Å². The van der Waals surface area contributed by atoms with Gasteiger partial charge in [-0.2, -0.15) is 13.2 Å². The highest BCUT2D eigenvalue weighted by molar-refractivity contribution is 5.73. The molecule has 2 rings (SSSR count). The number of ether oxygens (including phenoxy) is 1. The normalized spacial score (nSPS) is 20.4. The average molecular weight is 275 g/mol. The van der Waals surface area contributed by atoms with Gasteiger partial charge in [0, 0.05) is 12.2 Å². The number of halogens is 3. The molecule has 7 heteroatoms. The summed E-state index contributed by atoms with van der Waals surface area (Å²) in [5.41, 5.74) is -0.165. The topological polar surface area (TPSA) is 49.8 Å². The van der Waals surface area contributed by atoms with Gasteiger partial charge in [0.15, 0.2) is 6.10 Å². The second kappa shape index (κ2) is 5.08. The molecule has 1 heterocycles. The molecule has 1 N–H and O–H groups in total. The molecule has 0 aromatic heterocycles. The molecule has 104 valence electrons. The Hall–Kier alpha value is -1.76. The number of nitrogens with zero attached hydrogens (tertiary/aromatic N) is 1. The minimum atomic E-state index is -4.37. The lowest BCUT2D eigenvalue weighted by Crippen LogP contribution is -2.46. The lowest BCUT2D eigenvalue weighted by Gasteiger charge is -2.32. The standard InChI is InChI=1S/C12H12F3NO3/c13-12(14,15)8-1-3-9(4-2-8)16-5-6-19-10(7-16)11(17)18/h1-4,10H,5-7H2,(H,17,18). The molecule has 1 saturated heterocycles. The number of carboxylic acid groups (broad SMARTS) is 1. The van der Waals surface area contributed by atoms with Gasteiger partial charge in [0.1, 0.15) is 0 Å². The SMILES string of the molecule is O=C(O)C1CN(c2ccc(C(F)(F)F)cc2)CCO1. The Morgan fingerprint density at radius 3 is 2.47 bits per heavy atom. The summed E-state index contributed by atoms with van der Waals surface area (Å²) >= 11 is 0. The van der Waals surface area contributed by atoms with Crippen LogP contribution in [-0.4, -0.2) is 36.9 Å². The molecule has 1 fully saturated rings. The van der Waals surface area contributed by atoms with Crippen molar-refractivity contribution < 1.29 is 27.8 Å². The summed E-state index contributed by atoms with van der Waals surface area (Å²) < 4.78 is 42.3. The second-order valence-electron chi connectivity index (χ2n) is 4.19. The molecule has 0 radical (unpaired) electrons. The molecular weight excluding hydrogens is 263 g/mol. The summed E-state index contributed by atoms with van der Waals surface area (Å²) in [5, 5.41) is 8.85. The fourth-order valence-corrected chi connectivity index (χ4v) is 1.89. The van der Waals surface area contributed by atoms with Gasteiger partial charge in [-0.15, -0.1) is 0 Å². The third-order valence-electron chi connectivity index (χ3n) is 2.90. The molecule has 19 heavy (non-hydrogen) atoms. The number of benzene rings is 1. The highest BCUT2D eigenvalue weighted by Crippen LogP contribution is 2.30. The molecule has 0 bridgehead atoms. The number of hydrogen-bond acceptors (Lipinski definition) is 3. The van der Waals surface area contributed by atoms with E-state index < -0.39 is 23.8 Å². The largest absolute Gasteiger partial charge is 0.479 e. The first-order valence-electron chi connectivity index (χ1n) is 5.64. The van der Waals surface area contributed by atoms with Crippen LogP contribution in [0.3, 0.4) is 0 Å². The molecule has 1 unspecified atom stereocenters. The summed E-state index contributed by atoms with van der Waals surface area (Å²) in [6, 6.07) is 4.65. The first kappa shape index (κ1) is 13.7. The summed E-state index contributed by atoms with van der Waals surface area (Å²) in [4.78, 5) is 12.5. The molecule has 0 aliphatic carbocycles. The van der Waals surface area contributed by atoms with Crippen LogP contribution in [0.25, 0.3) is 0 Å². The summed E-state index contributed by atoms with van der Waals surface area (Å²) in [6.45, 7) is 0.813. The molecule has 0 spiro atoms. The molecular formula is C12H12F3NO3. The van der Waals surface area contributed by atoms with Crippen LogP contribution in [0.4, 0.5) is 18.9 Å². The molecule has 0 amide bonds. The number of morpholine rings is 1. The van der Waals surface area contributed by atoms with Gasteiger partial charge in [-0.05, 0) is 24.3 Å². The quantitative estimate of drug-likeness (QED) is 0.896. The van der Waals surface area contributed by atoms with Crippen LogP contribution in [0, 0.1) is 0 Å². The Kier molecular flexibility index (Phi) is 3.66. The maximum Gasteiger partial charge on any atom is 0.416 e. The lowest BCUT2D eigenvalue weighted by molar-refractivity contribution is -0.150. The van der Waals surface area contributed by atoms with Gasteiger partial charge in [0.2, 0.25) is 0 Å². The third kappa shape index (κ3) is 3.17. The van der Waals surface area contributed by atoms with Gasteiger partial charge in [0.05, 0.1) is 18.7 Å². The zero-order chi connectivity index (χ0) is 14.0. The maximum atomic E-state index is 12.4. The number of alkyl halides is 3. The van der Waals surface area contributed by atoms with E-state index in [4.69, 9.17) is 9.84 Å². The van der Waals surface area contributed by atoms with Gasteiger partial charge in [-0.25, -0.2) is 4.79 Å². The van der Waals surface area contributed by atoms with E-state index in [1.54, 1.807) is 4.90 Å². The Labute approximate surface area is 107 Å². The van der Waals surface area contributed by atoms with Crippen LogP contribution in [0.1, 0.15) is 5.56 Å². The minimum absolute atomic E-state index is 0.126. The van der Waals surface area contributed by atoms with Crippen molar-refractivity contribution in [1.29, 1.82) is 0 Å². The average Bonchev–Trinajstić information content (AvgIpc) is 2.38. The van der Waals surface area contributed by atoms with Crippen molar-refractivity contribution in [2.75, 3.05) is 24.6 Å². The van der Waals surface area contributed by atoms with Crippen LogP contribution in [-0.2, 0) is 15.7 Å². The van der Waals surface area contributed by atoms with E-state index in [1.165, 1.54) is 12.1 Å². The smallest absolute Gasteiger partial charge is 0.416 e. The van der Waals surface area contributed by atoms with Gasteiger partial charge >= 0.3 is 12.1 Å². The van der Waals surface area contributed by atoms with Crippen LogP contribution >= 0.6 is 0 Å². The Morgan fingerprint density at radius 1 is 1.32 bits per heavy atom. The van der Waals surface area contributed by atoms with Crippen LogP contribution in [0.15, 0.2) is 24.3 Å². The van der Waals surface area contributed by atoms with Crippen LogP contribution in [0.2, 0.25) is 0 Å². The van der Waals surface area contributed by atoms with Crippen molar-refractivity contribution in [3.63, 3.8) is 0 Å². The second-order valence-corrected chi connectivity index (χ2v) is 4.19. The fraction of sp³-hybridized carbons (Fsp3) is 0.417. The van der Waals surface area contributed by atoms with E-state index in [-0.39, 0.29) is 13.2 Å². The Balaban J connectivity index is 2.12. The van der Waals surface area contributed by atoms with E-state index in [0.29, 0.717) is 12.2 Å². The van der Waals surface area contributed by atoms with Gasteiger partial charge in [0.25, 0.3) is 0 Å². The van der Waals surface area contributed by atoms with Crippen molar-refractivity contribution >= 4 is 11.7 Å². The van der Waals surface area contributed by atoms with Crippen LogP contribution in [0.5, 0.6) is 0 Å². The molecule has 1 aliphatic heterocycles. The zero-order valence-electron chi connectivity index (χ0n) is 9.85. The summed E-state index contributed by atoms with van der Waals surface area (Å²) in [7, 11) is 0. The van der Waals surface area contributed by atoms with Crippen molar-refractivity contribution in [2.24, 2.45) is 0 Å².